The predicted octanol–water partition coefficient (Wildman–Crippen LogP) is 3.93. The second kappa shape index (κ2) is 7.12. The van der Waals surface area contributed by atoms with Crippen LogP contribution in [0.4, 0.5) is 0 Å². The van der Waals surface area contributed by atoms with Crippen LogP contribution in [0.3, 0.4) is 0 Å². The van der Waals surface area contributed by atoms with E-state index in [1.54, 1.807) is 0 Å². The molecule has 1 N–H and O–H groups in total. The Kier molecular flexibility index (Phi) is 4.48. The molecule has 3 aliphatic rings. The molecule has 2 atom stereocenters. The van der Waals surface area contributed by atoms with E-state index < -0.39 is 0 Å². The number of likely N-dealkylation sites (tertiary alicyclic amines) is 1. The van der Waals surface area contributed by atoms with Crippen LogP contribution in [0.1, 0.15) is 48.8 Å². The summed E-state index contributed by atoms with van der Waals surface area (Å²) in [5.74, 6) is 0.343. The van der Waals surface area contributed by atoms with Crippen LogP contribution in [0.2, 0.25) is 0 Å². The lowest BCUT2D eigenvalue weighted by molar-refractivity contribution is -0.131. The standard InChI is InChI=1S/C24H28N2O/c27-24(26-13-12-20-10-11-21(16-26)25-20)7-3-4-17-8-9-19-15-18-5-1-2-6-22(18)23(19)14-17/h1-2,5-6,8-9,14,20-21,25H,3-4,7,10-13,15-16H2. The summed E-state index contributed by atoms with van der Waals surface area (Å²) < 4.78 is 0. The van der Waals surface area contributed by atoms with Gasteiger partial charge in [0.25, 0.3) is 0 Å². The zero-order valence-corrected chi connectivity index (χ0v) is 15.9. The Labute approximate surface area is 161 Å². The summed E-state index contributed by atoms with van der Waals surface area (Å²) >= 11 is 0. The van der Waals surface area contributed by atoms with Crippen molar-refractivity contribution in [1.29, 1.82) is 0 Å². The molecule has 0 radical (unpaired) electrons. The molecule has 5 rings (SSSR count). The van der Waals surface area contributed by atoms with Gasteiger partial charge in [-0.1, -0.05) is 42.5 Å². The molecule has 2 unspecified atom stereocenters. The molecule has 2 fully saturated rings. The molecule has 0 spiro atoms. The van der Waals surface area contributed by atoms with E-state index in [0.29, 0.717) is 24.4 Å². The Morgan fingerprint density at radius 3 is 2.81 bits per heavy atom. The number of amides is 1. The fourth-order valence-electron chi connectivity index (χ4n) is 5.10. The van der Waals surface area contributed by atoms with Gasteiger partial charge in [-0.15, -0.1) is 0 Å². The van der Waals surface area contributed by atoms with Gasteiger partial charge in [0.05, 0.1) is 0 Å². The van der Waals surface area contributed by atoms with Gasteiger partial charge in [-0.2, -0.15) is 0 Å². The molecule has 2 aromatic rings. The zero-order valence-electron chi connectivity index (χ0n) is 15.9. The highest BCUT2D eigenvalue weighted by Gasteiger charge is 2.30. The number of nitrogens with zero attached hydrogens (tertiary/aromatic N) is 1. The number of carbonyl (C=O) groups excluding carboxylic acids is 1. The molecule has 0 saturated carbocycles. The second-order valence-corrected chi connectivity index (χ2v) is 8.45. The number of hydrogen-bond acceptors (Lipinski definition) is 2. The van der Waals surface area contributed by atoms with Crippen LogP contribution in [0.15, 0.2) is 42.5 Å². The Bertz CT molecular complexity index is 859. The minimum Gasteiger partial charge on any atom is -0.341 e. The quantitative estimate of drug-likeness (QED) is 0.764. The molecule has 2 aromatic carbocycles. The molecule has 2 heterocycles. The van der Waals surface area contributed by atoms with E-state index >= 15 is 0 Å². The Morgan fingerprint density at radius 2 is 1.85 bits per heavy atom. The second-order valence-electron chi connectivity index (χ2n) is 8.45. The first-order valence-corrected chi connectivity index (χ1v) is 10.5. The van der Waals surface area contributed by atoms with Crippen LogP contribution in [0, 0.1) is 0 Å². The normalized spacial score (nSPS) is 23.0. The predicted molar refractivity (Wildman–Crippen MR) is 109 cm³/mol. The minimum atomic E-state index is 0.343. The van der Waals surface area contributed by atoms with Gasteiger partial charge in [0.1, 0.15) is 0 Å². The van der Waals surface area contributed by atoms with E-state index in [-0.39, 0.29) is 0 Å². The van der Waals surface area contributed by atoms with Gasteiger partial charge in [0, 0.05) is 31.6 Å². The van der Waals surface area contributed by atoms with E-state index in [0.717, 1.165) is 38.8 Å². The van der Waals surface area contributed by atoms with Crippen molar-refractivity contribution >= 4 is 5.91 Å². The summed E-state index contributed by atoms with van der Waals surface area (Å²) in [5.41, 5.74) is 7.00. The maximum absolute atomic E-state index is 12.7. The summed E-state index contributed by atoms with van der Waals surface area (Å²) in [5, 5.41) is 3.66. The highest BCUT2D eigenvalue weighted by molar-refractivity contribution is 5.77. The highest BCUT2D eigenvalue weighted by atomic mass is 16.2. The average Bonchev–Trinajstić information content (AvgIpc) is 3.21. The number of hydrogen-bond donors (Lipinski definition) is 1. The van der Waals surface area contributed by atoms with E-state index in [1.807, 2.05) is 0 Å². The summed E-state index contributed by atoms with van der Waals surface area (Å²) in [6.07, 6.45) is 7.28. The summed E-state index contributed by atoms with van der Waals surface area (Å²) in [6.45, 7) is 1.84. The first-order valence-electron chi connectivity index (χ1n) is 10.5. The van der Waals surface area contributed by atoms with Crippen molar-refractivity contribution in [3.05, 3.63) is 59.2 Å². The zero-order chi connectivity index (χ0) is 18.2. The van der Waals surface area contributed by atoms with Crippen molar-refractivity contribution < 1.29 is 4.79 Å². The molecule has 2 aliphatic heterocycles. The van der Waals surface area contributed by atoms with Crippen LogP contribution in [-0.2, 0) is 17.6 Å². The number of benzene rings is 2. The summed E-state index contributed by atoms with van der Waals surface area (Å²) in [4.78, 5) is 14.8. The molecule has 1 aliphatic carbocycles. The van der Waals surface area contributed by atoms with Crippen molar-refractivity contribution in [3.8, 4) is 11.1 Å². The number of carbonyl (C=O) groups is 1. The minimum absolute atomic E-state index is 0.343. The number of aryl methyl sites for hydroxylation is 1. The third kappa shape index (κ3) is 3.41. The van der Waals surface area contributed by atoms with Crippen molar-refractivity contribution in [2.75, 3.05) is 13.1 Å². The third-order valence-electron chi connectivity index (χ3n) is 6.59. The maximum atomic E-state index is 12.7. The van der Waals surface area contributed by atoms with Crippen molar-refractivity contribution in [3.63, 3.8) is 0 Å². The molecule has 140 valence electrons. The molecule has 3 nitrogen and oxygen atoms in total. The van der Waals surface area contributed by atoms with Gasteiger partial charge >= 0.3 is 0 Å². The first kappa shape index (κ1) is 17.0. The first-order chi connectivity index (χ1) is 13.3. The van der Waals surface area contributed by atoms with Crippen LogP contribution in [-0.4, -0.2) is 36.0 Å². The summed E-state index contributed by atoms with van der Waals surface area (Å²) in [6, 6.07) is 16.8. The molecule has 2 bridgehead atoms. The van der Waals surface area contributed by atoms with Gasteiger partial charge in [-0.3, -0.25) is 4.79 Å². The topological polar surface area (TPSA) is 32.3 Å². The van der Waals surface area contributed by atoms with Crippen molar-refractivity contribution in [2.24, 2.45) is 0 Å². The lowest BCUT2D eigenvalue weighted by Crippen LogP contribution is -2.38. The highest BCUT2D eigenvalue weighted by Crippen LogP contribution is 2.37. The SMILES string of the molecule is O=C(CCCc1ccc2c(c1)-c1ccccc1C2)N1CCC2CCC(C1)N2. The van der Waals surface area contributed by atoms with Crippen LogP contribution in [0.5, 0.6) is 0 Å². The van der Waals surface area contributed by atoms with E-state index in [4.69, 9.17) is 0 Å². The van der Waals surface area contributed by atoms with E-state index in [1.165, 1.54) is 40.7 Å². The fraction of sp³-hybridized carbons (Fsp3) is 0.458. The summed E-state index contributed by atoms with van der Waals surface area (Å²) in [7, 11) is 0. The lowest BCUT2D eigenvalue weighted by atomic mass is 10.00. The molecular weight excluding hydrogens is 332 g/mol. The van der Waals surface area contributed by atoms with Gasteiger partial charge < -0.3 is 10.2 Å². The monoisotopic (exact) mass is 360 g/mol. The molecule has 1 amide bonds. The Morgan fingerprint density at radius 1 is 1.00 bits per heavy atom. The molecule has 3 heteroatoms. The van der Waals surface area contributed by atoms with Gasteiger partial charge in [0.2, 0.25) is 5.91 Å². The average molecular weight is 361 g/mol. The van der Waals surface area contributed by atoms with Crippen LogP contribution >= 0.6 is 0 Å². The molecule has 0 aromatic heterocycles. The molecular formula is C24H28N2O. The largest absolute Gasteiger partial charge is 0.341 e. The van der Waals surface area contributed by atoms with E-state index in [9.17, 15) is 4.79 Å². The molecule has 2 saturated heterocycles. The Hall–Kier alpha value is -2.13. The number of nitrogens with one attached hydrogen (secondary N) is 1. The smallest absolute Gasteiger partial charge is 0.222 e. The van der Waals surface area contributed by atoms with Gasteiger partial charge in [-0.25, -0.2) is 0 Å². The number of rotatable bonds is 4. The van der Waals surface area contributed by atoms with Gasteiger partial charge in [0.15, 0.2) is 0 Å². The van der Waals surface area contributed by atoms with Gasteiger partial charge in [-0.05, 0) is 66.3 Å². The Balaban J connectivity index is 1.19. The third-order valence-corrected chi connectivity index (χ3v) is 6.59. The maximum Gasteiger partial charge on any atom is 0.222 e. The van der Waals surface area contributed by atoms with Crippen LogP contribution in [0.25, 0.3) is 11.1 Å². The van der Waals surface area contributed by atoms with Crippen molar-refractivity contribution in [1.82, 2.24) is 10.2 Å². The van der Waals surface area contributed by atoms with Crippen LogP contribution < -0.4 is 5.32 Å². The van der Waals surface area contributed by atoms with E-state index in [2.05, 4.69) is 52.7 Å². The lowest BCUT2D eigenvalue weighted by Gasteiger charge is -2.24. The fourth-order valence-corrected chi connectivity index (χ4v) is 5.10. The molecule has 27 heavy (non-hydrogen) atoms. The number of fused-ring (bicyclic) bond motifs is 5. The van der Waals surface area contributed by atoms with Crippen molar-refractivity contribution in [2.45, 2.75) is 57.0 Å².